The molecule has 0 saturated carbocycles. The van der Waals surface area contributed by atoms with Gasteiger partial charge in [-0.1, -0.05) is 18.2 Å². The van der Waals surface area contributed by atoms with Crippen LogP contribution >= 0.6 is 0 Å². The van der Waals surface area contributed by atoms with Crippen LogP contribution in [0, 0.1) is 11.6 Å². The molecule has 1 N–H and O–H groups in total. The number of benzene rings is 2. The molecule has 0 aliphatic heterocycles. The van der Waals surface area contributed by atoms with Crippen LogP contribution in [0.5, 0.6) is 0 Å². The first kappa shape index (κ1) is 25.0. The summed E-state index contributed by atoms with van der Waals surface area (Å²) in [6.45, 7) is 0.663. The maximum Gasteiger partial charge on any atom is 1.00 e. The number of aliphatic carboxylic acids is 1. The first-order chi connectivity index (χ1) is 13.0. The quantitative estimate of drug-likeness (QED) is 0.299. The molecule has 0 saturated heterocycles. The fraction of sp³-hybridized carbons (Fsp3) is 0.158. The Balaban J connectivity index is 0.00000420. The van der Waals surface area contributed by atoms with Crippen LogP contribution in [-0.2, 0) is 24.2 Å². The van der Waals surface area contributed by atoms with Crippen molar-refractivity contribution in [3.05, 3.63) is 65.2 Å². The van der Waals surface area contributed by atoms with Crippen LogP contribution in [0.15, 0.2) is 47.4 Å². The van der Waals surface area contributed by atoms with E-state index in [9.17, 15) is 31.9 Å². The number of carbonyl (C=O) groups is 2. The van der Waals surface area contributed by atoms with E-state index in [0.717, 1.165) is 31.4 Å². The molecule has 0 aliphatic carbocycles. The van der Waals surface area contributed by atoms with Crippen molar-refractivity contribution >= 4 is 32.9 Å². The molecule has 0 bridgehead atoms. The van der Waals surface area contributed by atoms with Crippen molar-refractivity contribution in [3.63, 3.8) is 0 Å². The van der Waals surface area contributed by atoms with Gasteiger partial charge in [0.25, 0.3) is 0 Å². The van der Waals surface area contributed by atoms with E-state index in [0.29, 0.717) is 0 Å². The second-order valence-corrected chi connectivity index (χ2v) is 7.88. The van der Waals surface area contributed by atoms with E-state index < -0.39 is 45.6 Å². The zero-order valence-corrected chi connectivity index (χ0v) is 18.7. The summed E-state index contributed by atoms with van der Waals surface area (Å²) in [5, 5.41) is 9.66. The third-order valence-corrected chi connectivity index (χ3v) is 4.90. The minimum Gasteiger partial charge on any atom is -1.00 e. The van der Waals surface area contributed by atoms with E-state index in [2.05, 4.69) is 0 Å². The second kappa shape index (κ2) is 10.1. The number of carbonyl (C=O) groups excluding carboxylic acids is 1. The Morgan fingerprint density at radius 2 is 1.59 bits per heavy atom. The molecule has 2 aromatic rings. The summed E-state index contributed by atoms with van der Waals surface area (Å²) in [4.78, 5) is 23.1. The third-order valence-electron chi connectivity index (χ3n) is 3.77. The fourth-order valence-electron chi connectivity index (χ4n) is 2.46. The van der Waals surface area contributed by atoms with Gasteiger partial charge >= 0.3 is 41.5 Å². The maximum atomic E-state index is 13.6. The Kier molecular flexibility index (Phi) is 8.70. The third kappa shape index (κ3) is 6.46. The summed E-state index contributed by atoms with van der Waals surface area (Å²) in [6.07, 6.45) is 1.02. The van der Waals surface area contributed by atoms with Gasteiger partial charge in [-0.3, -0.25) is 4.79 Å². The fourth-order valence-corrected chi connectivity index (χ4v) is 3.09. The van der Waals surface area contributed by atoms with Crippen molar-refractivity contribution in [1.82, 2.24) is 0 Å². The number of rotatable bonds is 6. The van der Waals surface area contributed by atoms with Gasteiger partial charge in [0.1, 0.15) is 6.61 Å². The summed E-state index contributed by atoms with van der Waals surface area (Å²) in [5.41, 5.74) is -0.308. The van der Waals surface area contributed by atoms with E-state index in [4.69, 9.17) is 4.74 Å². The Morgan fingerprint density at radius 1 is 1.03 bits per heavy atom. The van der Waals surface area contributed by atoms with E-state index >= 15 is 0 Å². The van der Waals surface area contributed by atoms with E-state index in [1.807, 2.05) is 0 Å². The van der Waals surface area contributed by atoms with Gasteiger partial charge < -0.3 is 11.3 Å². The largest absolute Gasteiger partial charge is 1.00 e. The predicted octanol–water partition coefficient (Wildman–Crippen LogP) is 0.0433. The van der Waals surface area contributed by atoms with E-state index in [1.165, 1.54) is 24.3 Å². The molecular weight excluding hydrogens is 417 g/mol. The summed E-state index contributed by atoms with van der Waals surface area (Å²) in [6, 6.07) is 7.81. The number of hydrogen-bond acceptors (Lipinski definition) is 5. The molecule has 6 nitrogen and oxygen atoms in total. The van der Waals surface area contributed by atoms with Crippen molar-refractivity contribution < 1.29 is 67.6 Å². The number of carboxylic acid groups (broad SMARTS) is 1. The Morgan fingerprint density at radius 3 is 2.03 bits per heavy atom. The van der Waals surface area contributed by atoms with Gasteiger partial charge in [0.05, 0.1) is 10.5 Å². The summed E-state index contributed by atoms with van der Waals surface area (Å²) in [7, 11) is -3.48. The predicted molar refractivity (Wildman–Crippen MR) is 98.1 cm³/mol. The van der Waals surface area contributed by atoms with Gasteiger partial charge in [-0.05, 0) is 35.4 Å². The molecular formula is C19H17F2NaO6S. The number of hydrogen-bond donors (Lipinski definition) is 1. The van der Waals surface area contributed by atoms with Crippen LogP contribution in [-0.4, -0.2) is 38.3 Å². The Hall–Kier alpha value is -2.07. The van der Waals surface area contributed by atoms with Crippen molar-refractivity contribution in [2.24, 2.45) is 0 Å². The Bertz CT molecular complexity index is 1070. The van der Waals surface area contributed by atoms with Crippen molar-refractivity contribution in [1.29, 1.82) is 0 Å². The molecule has 2 aromatic carbocycles. The SMILES string of the molecule is CC(=O)OC/C(=C(\C(=O)O)c1ccc(F)c(F)c1)c1ccc(S(C)(=O)=O)cc1.[H-].[Na+]. The van der Waals surface area contributed by atoms with Crippen molar-refractivity contribution in [2.75, 3.05) is 12.9 Å². The van der Waals surface area contributed by atoms with Gasteiger partial charge in [-0.25, -0.2) is 22.0 Å². The van der Waals surface area contributed by atoms with Crippen LogP contribution in [0.2, 0.25) is 0 Å². The first-order valence-electron chi connectivity index (χ1n) is 7.86. The maximum absolute atomic E-state index is 13.6. The molecule has 0 unspecified atom stereocenters. The smallest absolute Gasteiger partial charge is 1.00 e. The number of esters is 1. The number of halogens is 2. The van der Waals surface area contributed by atoms with Crippen LogP contribution in [0.4, 0.5) is 8.78 Å². The zero-order valence-electron chi connectivity index (χ0n) is 16.9. The average molecular weight is 434 g/mol. The van der Waals surface area contributed by atoms with Crippen LogP contribution in [0.3, 0.4) is 0 Å². The van der Waals surface area contributed by atoms with E-state index in [-0.39, 0.29) is 52.6 Å². The molecule has 0 aliphatic rings. The first-order valence-corrected chi connectivity index (χ1v) is 9.75. The minimum atomic E-state index is -3.48. The average Bonchev–Trinajstić information content (AvgIpc) is 2.60. The molecule has 10 heteroatoms. The summed E-state index contributed by atoms with van der Waals surface area (Å²) >= 11 is 0. The van der Waals surface area contributed by atoms with E-state index in [1.54, 1.807) is 0 Å². The van der Waals surface area contributed by atoms with Crippen LogP contribution < -0.4 is 29.6 Å². The van der Waals surface area contributed by atoms with Gasteiger partial charge in [-0.15, -0.1) is 0 Å². The number of carboxylic acids is 1. The number of sulfone groups is 1. The summed E-state index contributed by atoms with van der Waals surface area (Å²) < 4.78 is 55.0. The van der Waals surface area contributed by atoms with Gasteiger partial charge in [0.15, 0.2) is 21.5 Å². The minimum absolute atomic E-state index is 0. The van der Waals surface area contributed by atoms with Gasteiger partial charge in [0, 0.05) is 18.8 Å². The molecule has 0 heterocycles. The van der Waals surface area contributed by atoms with Crippen LogP contribution in [0.1, 0.15) is 19.5 Å². The monoisotopic (exact) mass is 434 g/mol. The molecule has 0 spiro atoms. The molecule has 0 atom stereocenters. The molecule has 2 rings (SSSR count). The molecule has 0 aromatic heterocycles. The topological polar surface area (TPSA) is 97.7 Å². The van der Waals surface area contributed by atoms with Crippen molar-refractivity contribution in [2.45, 2.75) is 11.8 Å². The second-order valence-electron chi connectivity index (χ2n) is 5.86. The standard InChI is InChI=1S/C19H16F2O6S.Na.H/c1-11(22)27-10-15(12-3-6-14(7-4-12)28(2,25)26)18(19(23)24)13-5-8-16(20)17(21)9-13;;/h3-9H,10H2,1-2H3,(H,23,24);;/q;+1;-1/b18-15+;;. The molecule has 150 valence electrons. The molecule has 29 heavy (non-hydrogen) atoms. The Labute approximate surface area is 189 Å². The molecule has 0 radical (unpaired) electrons. The number of ether oxygens (including phenoxy) is 1. The van der Waals surface area contributed by atoms with Gasteiger partial charge in [0.2, 0.25) is 0 Å². The van der Waals surface area contributed by atoms with Crippen LogP contribution in [0.25, 0.3) is 11.1 Å². The van der Waals surface area contributed by atoms with Crippen molar-refractivity contribution in [3.8, 4) is 0 Å². The normalized spacial score (nSPS) is 11.9. The van der Waals surface area contributed by atoms with Gasteiger partial charge in [-0.2, -0.15) is 0 Å². The molecule has 0 fully saturated rings. The zero-order chi connectivity index (χ0) is 21.1. The summed E-state index contributed by atoms with van der Waals surface area (Å²) in [5.74, 6) is -4.52. The molecule has 0 amide bonds.